The van der Waals surface area contributed by atoms with Crippen molar-refractivity contribution in [3.8, 4) is 22.9 Å². The van der Waals surface area contributed by atoms with Crippen LogP contribution in [0.4, 0.5) is 4.79 Å². The molecule has 3 rings (SSSR count). The second-order valence-electron chi connectivity index (χ2n) is 8.96. The highest BCUT2D eigenvalue weighted by atomic mass is 35.5. The summed E-state index contributed by atoms with van der Waals surface area (Å²) in [5, 5.41) is 9.90. The molecule has 0 spiro atoms. The van der Waals surface area contributed by atoms with E-state index < -0.39 is 35.1 Å². The number of amides is 2. The minimum Gasteiger partial charge on any atom is -0.495 e. The summed E-state index contributed by atoms with van der Waals surface area (Å²) in [6, 6.07) is 7.11. The zero-order chi connectivity index (χ0) is 25.2. The predicted molar refractivity (Wildman–Crippen MR) is 128 cm³/mol. The van der Waals surface area contributed by atoms with Crippen LogP contribution in [-0.4, -0.2) is 40.7 Å². The smallest absolute Gasteiger partial charge is 0.417 e. The Kier molecular flexibility index (Phi) is 7.18. The van der Waals surface area contributed by atoms with Crippen molar-refractivity contribution in [2.45, 2.75) is 39.3 Å². The number of ether oxygens (including phenoxy) is 2. The first-order chi connectivity index (χ1) is 16.0. The van der Waals surface area contributed by atoms with Crippen molar-refractivity contribution in [2.24, 2.45) is 5.92 Å². The quantitative estimate of drug-likeness (QED) is 0.593. The van der Waals surface area contributed by atoms with Gasteiger partial charge in [-0.25, -0.2) is 9.69 Å². The maximum atomic E-state index is 13.5. The first-order valence-electron chi connectivity index (χ1n) is 10.7. The van der Waals surface area contributed by atoms with Gasteiger partial charge in [-0.05, 0) is 39.0 Å². The molecule has 1 aromatic carbocycles. The number of pyridine rings is 1. The Balaban J connectivity index is 2.12. The molecule has 0 aliphatic carbocycles. The highest BCUT2D eigenvalue weighted by molar-refractivity contribution is 6.31. The predicted octanol–water partition coefficient (Wildman–Crippen LogP) is 4.56. The number of rotatable bonds is 3. The number of allylic oxidation sites excluding steroid dienone is 1. The van der Waals surface area contributed by atoms with Crippen molar-refractivity contribution in [2.75, 3.05) is 13.7 Å². The van der Waals surface area contributed by atoms with Crippen molar-refractivity contribution in [3.05, 3.63) is 63.6 Å². The van der Waals surface area contributed by atoms with E-state index in [1.54, 1.807) is 58.0 Å². The highest BCUT2D eigenvalue weighted by Crippen LogP contribution is 2.34. The fourth-order valence-corrected chi connectivity index (χ4v) is 3.94. The second kappa shape index (κ2) is 9.74. The molecule has 2 amide bonds. The van der Waals surface area contributed by atoms with Crippen LogP contribution in [0.25, 0.3) is 11.1 Å². The summed E-state index contributed by atoms with van der Waals surface area (Å²) in [7, 11) is 1.43. The van der Waals surface area contributed by atoms with Crippen molar-refractivity contribution in [1.82, 2.24) is 9.47 Å². The lowest BCUT2D eigenvalue weighted by molar-refractivity contribution is -0.134. The van der Waals surface area contributed by atoms with Crippen molar-refractivity contribution in [1.29, 1.82) is 5.26 Å². The molecule has 1 aliphatic heterocycles. The van der Waals surface area contributed by atoms with Crippen molar-refractivity contribution in [3.63, 3.8) is 0 Å². The number of benzene rings is 1. The topological polar surface area (TPSA) is 102 Å². The summed E-state index contributed by atoms with van der Waals surface area (Å²) in [4.78, 5) is 40.4. The molecule has 8 nitrogen and oxygen atoms in total. The Morgan fingerprint density at radius 1 is 1.21 bits per heavy atom. The summed E-state index contributed by atoms with van der Waals surface area (Å²) in [5.41, 5.74) is -0.157. The molecule has 2 unspecified atom stereocenters. The fraction of sp³-hybridized carbons (Fsp3) is 0.360. The Morgan fingerprint density at radius 3 is 2.53 bits per heavy atom. The third-order valence-corrected chi connectivity index (χ3v) is 5.55. The van der Waals surface area contributed by atoms with Gasteiger partial charge in [0.15, 0.2) is 0 Å². The van der Waals surface area contributed by atoms with E-state index in [1.807, 2.05) is 0 Å². The molecule has 2 atom stereocenters. The SMILES string of the molecule is COc1cn(C2C(=O)N(C(=O)OC(C)(C)C)CC=CC2C)c(=O)cc1-c1cc(Cl)ccc1C#N. The summed E-state index contributed by atoms with van der Waals surface area (Å²) in [5.74, 6) is -0.687. The molecule has 0 radical (unpaired) electrons. The maximum Gasteiger partial charge on any atom is 0.417 e. The number of methoxy groups -OCH3 is 1. The van der Waals surface area contributed by atoms with E-state index in [4.69, 9.17) is 21.1 Å². The molecule has 1 aliphatic rings. The average Bonchev–Trinajstić information content (AvgIpc) is 2.90. The van der Waals surface area contributed by atoms with Gasteiger partial charge in [0.25, 0.3) is 11.5 Å². The van der Waals surface area contributed by atoms with Gasteiger partial charge in [-0.3, -0.25) is 14.2 Å². The number of aromatic nitrogens is 1. The van der Waals surface area contributed by atoms with Crippen LogP contribution in [0.1, 0.15) is 39.3 Å². The third kappa shape index (κ3) is 5.15. The Hall–Kier alpha value is -3.57. The van der Waals surface area contributed by atoms with Gasteiger partial charge in [-0.15, -0.1) is 0 Å². The highest BCUT2D eigenvalue weighted by Gasteiger charge is 2.37. The van der Waals surface area contributed by atoms with Gasteiger partial charge in [0.1, 0.15) is 17.4 Å². The van der Waals surface area contributed by atoms with E-state index in [0.717, 1.165) is 4.90 Å². The van der Waals surface area contributed by atoms with Gasteiger partial charge in [0.2, 0.25) is 0 Å². The zero-order valence-electron chi connectivity index (χ0n) is 19.7. The lowest BCUT2D eigenvalue weighted by Crippen LogP contribution is -2.46. The van der Waals surface area contributed by atoms with Gasteiger partial charge in [-0.2, -0.15) is 5.26 Å². The molecular formula is C25H26ClN3O5. The van der Waals surface area contributed by atoms with Crippen LogP contribution in [-0.2, 0) is 9.53 Å². The van der Waals surface area contributed by atoms with E-state index in [1.165, 1.54) is 23.9 Å². The fourth-order valence-electron chi connectivity index (χ4n) is 3.77. The molecule has 178 valence electrons. The summed E-state index contributed by atoms with van der Waals surface area (Å²) >= 11 is 6.12. The zero-order valence-corrected chi connectivity index (χ0v) is 20.4. The van der Waals surface area contributed by atoms with E-state index in [0.29, 0.717) is 21.7 Å². The number of hydrogen-bond acceptors (Lipinski definition) is 6. The van der Waals surface area contributed by atoms with Crippen LogP contribution in [0.2, 0.25) is 5.02 Å². The van der Waals surface area contributed by atoms with E-state index in [9.17, 15) is 19.6 Å². The second-order valence-corrected chi connectivity index (χ2v) is 9.40. The van der Waals surface area contributed by atoms with E-state index in [2.05, 4.69) is 6.07 Å². The molecule has 9 heteroatoms. The molecular weight excluding hydrogens is 458 g/mol. The number of carbonyl (C=O) groups is 2. The average molecular weight is 484 g/mol. The molecule has 2 aromatic rings. The third-order valence-electron chi connectivity index (χ3n) is 5.31. The Bertz CT molecular complexity index is 1250. The summed E-state index contributed by atoms with van der Waals surface area (Å²) in [6.07, 6.45) is 4.12. The summed E-state index contributed by atoms with van der Waals surface area (Å²) in [6.45, 7) is 6.95. The largest absolute Gasteiger partial charge is 0.495 e. The van der Waals surface area contributed by atoms with Crippen LogP contribution in [0.5, 0.6) is 5.75 Å². The molecule has 34 heavy (non-hydrogen) atoms. The van der Waals surface area contributed by atoms with Crippen LogP contribution in [0.15, 0.2) is 47.4 Å². The minimum absolute atomic E-state index is 0.0343. The van der Waals surface area contributed by atoms with Crippen LogP contribution in [0.3, 0.4) is 0 Å². The molecule has 0 saturated heterocycles. The molecule has 1 aromatic heterocycles. The lowest BCUT2D eigenvalue weighted by atomic mass is 9.98. The number of nitrogens with zero attached hydrogens (tertiary/aromatic N) is 3. The number of hydrogen-bond donors (Lipinski definition) is 0. The molecule has 0 N–H and O–H groups in total. The Morgan fingerprint density at radius 2 is 1.91 bits per heavy atom. The van der Waals surface area contributed by atoms with Gasteiger partial charge >= 0.3 is 6.09 Å². The van der Waals surface area contributed by atoms with E-state index in [-0.39, 0.29) is 12.3 Å². The standard InChI is InChI=1S/C25H26ClN3O5/c1-15-7-6-10-28(24(32)34-25(2,3)4)23(31)22(15)29-14-20(33-5)19(12-21(29)30)18-11-17(26)9-8-16(18)13-27/h6-9,11-12,14-15,22H,10H2,1-5H3. The van der Waals surface area contributed by atoms with Crippen LogP contribution >= 0.6 is 11.6 Å². The molecule has 2 heterocycles. The first-order valence-corrected chi connectivity index (χ1v) is 11.1. The number of imide groups is 1. The molecule has 0 saturated carbocycles. The number of halogens is 1. The maximum absolute atomic E-state index is 13.5. The van der Waals surface area contributed by atoms with Crippen LogP contribution in [0, 0.1) is 17.2 Å². The molecule has 0 bridgehead atoms. The minimum atomic E-state index is -1.00. The van der Waals surface area contributed by atoms with Crippen LogP contribution < -0.4 is 10.3 Å². The Labute approximate surface area is 202 Å². The van der Waals surface area contributed by atoms with Gasteiger partial charge in [0, 0.05) is 28.1 Å². The summed E-state index contributed by atoms with van der Waals surface area (Å²) < 4.78 is 12.2. The van der Waals surface area contributed by atoms with Gasteiger partial charge < -0.3 is 9.47 Å². The van der Waals surface area contributed by atoms with Crippen molar-refractivity contribution >= 4 is 23.6 Å². The normalized spacial score (nSPS) is 18.3. The van der Waals surface area contributed by atoms with Gasteiger partial charge in [-0.1, -0.05) is 30.7 Å². The lowest BCUT2D eigenvalue weighted by Gasteiger charge is -2.29. The van der Waals surface area contributed by atoms with Gasteiger partial charge in [0.05, 0.1) is 31.5 Å². The first kappa shape index (κ1) is 25.1. The van der Waals surface area contributed by atoms with Crippen molar-refractivity contribution < 1.29 is 19.1 Å². The number of carbonyl (C=O) groups excluding carboxylic acids is 2. The monoisotopic (exact) mass is 483 g/mol. The molecule has 0 fully saturated rings. The van der Waals surface area contributed by atoms with E-state index >= 15 is 0 Å². The number of nitriles is 1.